The largest absolute Gasteiger partial charge is 0.507 e. The number of aliphatic hydroxyl groups is 1. The van der Waals surface area contributed by atoms with Crippen LogP contribution in [0.15, 0.2) is 84.4 Å². The molecule has 1 unspecified atom stereocenters. The number of benzene rings is 3. The van der Waals surface area contributed by atoms with Gasteiger partial charge < -0.3 is 14.7 Å². The Morgan fingerprint density at radius 2 is 1.74 bits per heavy atom. The highest BCUT2D eigenvalue weighted by molar-refractivity contribution is 6.46. The van der Waals surface area contributed by atoms with Gasteiger partial charge in [0.1, 0.15) is 17.3 Å². The standard InChI is InChI=1S/C28H26FNO4/c1-2-3-16-34-21-13-9-12-20(17-21)26(31)24-25(22-14-7-8-15-23(22)29)30(28(33)27(24)32)18-19-10-5-4-6-11-19/h4-15,17,25,31H,2-3,16,18H2,1H3. The number of unbranched alkanes of at least 4 members (excludes halogenated alkanes) is 1. The van der Waals surface area contributed by atoms with Crippen LogP contribution in [0.25, 0.3) is 5.76 Å². The number of Topliss-reactive ketones (excluding diaryl/α,β-unsaturated/α-hetero) is 1. The van der Waals surface area contributed by atoms with Crippen molar-refractivity contribution in [2.75, 3.05) is 6.61 Å². The summed E-state index contributed by atoms with van der Waals surface area (Å²) in [6, 6.07) is 20.8. The minimum absolute atomic E-state index is 0.0986. The highest BCUT2D eigenvalue weighted by Crippen LogP contribution is 2.41. The molecule has 1 aliphatic rings. The summed E-state index contributed by atoms with van der Waals surface area (Å²) < 4.78 is 20.6. The van der Waals surface area contributed by atoms with E-state index in [2.05, 4.69) is 6.92 Å². The van der Waals surface area contributed by atoms with Crippen molar-refractivity contribution < 1.29 is 23.8 Å². The Balaban J connectivity index is 1.80. The average Bonchev–Trinajstić information content (AvgIpc) is 3.10. The van der Waals surface area contributed by atoms with Crippen molar-refractivity contribution in [2.45, 2.75) is 32.4 Å². The number of carbonyl (C=O) groups is 2. The number of hydrogen-bond acceptors (Lipinski definition) is 4. The predicted octanol–water partition coefficient (Wildman–Crippen LogP) is 5.63. The third-order valence-electron chi connectivity index (χ3n) is 5.81. The predicted molar refractivity (Wildman–Crippen MR) is 128 cm³/mol. The quantitative estimate of drug-likeness (QED) is 0.205. The van der Waals surface area contributed by atoms with E-state index in [0.29, 0.717) is 17.9 Å². The van der Waals surface area contributed by atoms with E-state index < -0.39 is 23.5 Å². The molecule has 0 spiro atoms. The molecule has 0 saturated carbocycles. The molecule has 0 aromatic heterocycles. The number of ether oxygens (including phenoxy) is 1. The van der Waals surface area contributed by atoms with E-state index in [-0.39, 0.29) is 23.4 Å². The molecule has 0 radical (unpaired) electrons. The van der Waals surface area contributed by atoms with Crippen molar-refractivity contribution >= 4 is 17.4 Å². The summed E-state index contributed by atoms with van der Waals surface area (Å²) in [6.45, 7) is 2.68. The maximum Gasteiger partial charge on any atom is 0.295 e. The Kier molecular flexibility index (Phi) is 7.07. The number of ketones is 1. The molecule has 3 aromatic rings. The molecular formula is C28H26FNO4. The number of hydrogen-bond donors (Lipinski definition) is 1. The highest BCUT2D eigenvalue weighted by Gasteiger charge is 2.46. The van der Waals surface area contributed by atoms with Crippen molar-refractivity contribution in [1.82, 2.24) is 4.90 Å². The highest BCUT2D eigenvalue weighted by atomic mass is 19.1. The number of rotatable bonds is 8. The van der Waals surface area contributed by atoms with E-state index in [9.17, 15) is 19.1 Å². The SMILES string of the molecule is CCCCOc1cccc(C(O)=C2C(=O)C(=O)N(Cc3ccccc3)C2c2ccccc2F)c1. The van der Waals surface area contributed by atoms with Crippen LogP contribution in [0.4, 0.5) is 4.39 Å². The van der Waals surface area contributed by atoms with Gasteiger partial charge in [-0.2, -0.15) is 0 Å². The normalized spacial score (nSPS) is 17.2. The first-order chi connectivity index (χ1) is 16.5. The fourth-order valence-electron chi connectivity index (χ4n) is 4.07. The van der Waals surface area contributed by atoms with Gasteiger partial charge in [0, 0.05) is 17.7 Å². The third-order valence-corrected chi connectivity index (χ3v) is 5.81. The van der Waals surface area contributed by atoms with Crippen LogP contribution < -0.4 is 4.74 Å². The molecule has 1 fully saturated rings. The van der Waals surface area contributed by atoms with Gasteiger partial charge in [0.25, 0.3) is 11.7 Å². The molecule has 1 amide bonds. The van der Waals surface area contributed by atoms with Crippen LogP contribution in [0.1, 0.15) is 42.5 Å². The Morgan fingerprint density at radius 3 is 2.47 bits per heavy atom. The second-order valence-electron chi connectivity index (χ2n) is 8.16. The summed E-state index contributed by atoms with van der Waals surface area (Å²) in [7, 11) is 0. The number of likely N-dealkylation sites (tertiary alicyclic amines) is 1. The fourth-order valence-corrected chi connectivity index (χ4v) is 4.07. The molecule has 1 saturated heterocycles. The van der Waals surface area contributed by atoms with Gasteiger partial charge in [-0.3, -0.25) is 9.59 Å². The minimum Gasteiger partial charge on any atom is -0.507 e. The maximum atomic E-state index is 14.9. The molecule has 5 nitrogen and oxygen atoms in total. The first-order valence-electron chi connectivity index (χ1n) is 11.3. The van der Waals surface area contributed by atoms with Crippen molar-refractivity contribution in [3.63, 3.8) is 0 Å². The molecule has 1 aliphatic heterocycles. The molecule has 1 N–H and O–H groups in total. The zero-order valence-corrected chi connectivity index (χ0v) is 18.9. The summed E-state index contributed by atoms with van der Waals surface area (Å²) in [4.78, 5) is 27.5. The first kappa shape index (κ1) is 23.2. The maximum absolute atomic E-state index is 14.9. The van der Waals surface area contributed by atoms with Crippen molar-refractivity contribution in [2.24, 2.45) is 0 Å². The molecule has 4 rings (SSSR count). The Bertz CT molecular complexity index is 1220. The van der Waals surface area contributed by atoms with E-state index in [1.165, 1.54) is 17.0 Å². The summed E-state index contributed by atoms with van der Waals surface area (Å²) in [5, 5.41) is 11.2. The molecule has 3 aromatic carbocycles. The van der Waals surface area contributed by atoms with Crippen molar-refractivity contribution in [1.29, 1.82) is 0 Å². The first-order valence-corrected chi connectivity index (χ1v) is 11.3. The van der Waals surface area contributed by atoms with Gasteiger partial charge in [-0.05, 0) is 30.2 Å². The lowest BCUT2D eigenvalue weighted by molar-refractivity contribution is -0.140. The number of halogens is 1. The lowest BCUT2D eigenvalue weighted by Gasteiger charge is -2.25. The van der Waals surface area contributed by atoms with Crippen LogP contribution in [0, 0.1) is 5.82 Å². The van der Waals surface area contributed by atoms with E-state index in [4.69, 9.17) is 4.74 Å². The fraction of sp³-hybridized carbons (Fsp3) is 0.214. The molecule has 0 bridgehead atoms. The van der Waals surface area contributed by atoms with E-state index in [1.54, 1.807) is 36.4 Å². The van der Waals surface area contributed by atoms with Crippen LogP contribution in [0.3, 0.4) is 0 Å². The summed E-state index contributed by atoms with van der Waals surface area (Å²) in [6.07, 6.45) is 1.86. The van der Waals surface area contributed by atoms with Crippen molar-refractivity contribution in [3.05, 3.63) is 107 Å². The molecule has 1 heterocycles. The average molecular weight is 460 g/mol. The lowest BCUT2D eigenvalue weighted by atomic mass is 9.94. The second kappa shape index (κ2) is 10.3. The van der Waals surface area contributed by atoms with Crippen LogP contribution in [-0.2, 0) is 16.1 Å². The smallest absolute Gasteiger partial charge is 0.295 e. The van der Waals surface area contributed by atoms with Crippen molar-refractivity contribution in [3.8, 4) is 5.75 Å². The number of nitrogens with zero attached hydrogens (tertiary/aromatic N) is 1. The van der Waals surface area contributed by atoms with Gasteiger partial charge in [0.2, 0.25) is 0 Å². The zero-order chi connectivity index (χ0) is 24.1. The van der Waals surface area contributed by atoms with Gasteiger partial charge in [-0.1, -0.05) is 74.0 Å². The van der Waals surface area contributed by atoms with E-state index >= 15 is 0 Å². The zero-order valence-electron chi connectivity index (χ0n) is 18.9. The number of aliphatic hydroxyl groups excluding tert-OH is 1. The monoisotopic (exact) mass is 459 g/mol. The molecule has 34 heavy (non-hydrogen) atoms. The molecule has 1 atom stereocenters. The topological polar surface area (TPSA) is 66.8 Å². The van der Waals surface area contributed by atoms with Gasteiger partial charge in [-0.25, -0.2) is 4.39 Å². The van der Waals surface area contributed by atoms with Crippen LogP contribution in [0.2, 0.25) is 0 Å². The number of carbonyl (C=O) groups excluding carboxylic acids is 2. The van der Waals surface area contributed by atoms with Gasteiger partial charge in [-0.15, -0.1) is 0 Å². The van der Waals surface area contributed by atoms with Crippen LogP contribution in [-0.4, -0.2) is 28.3 Å². The lowest BCUT2D eigenvalue weighted by Crippen LogP contribution is -2.29. The van der Waals surface area contributed by atoms with Crippen LogP contribution in [0.5, 0.6) is 5.75 Å². The molecular weight excluding hydrogens is 433 g/mol. The Hall–Kier alpha value is -3.93. The summed E-state index contributed by atoms with van der Waals surface area (Å²) in [5.41, 5.74) is 1.12. The molecule has 6 heteroatoms. The van der Waals surface area contributed by atoms with Crippen LogP contribution >= 0.6 is 0 Å². The summed E-state index contributed by atoms with van der Waals surface area (Å²) >= 11 is 0. The minimum atomic E-state index is -1.06. The molecule has 174 valence electrons. The summed E-state index contributed by atoms with van der Waals surface area (Å²) in [5.74, 6) is -2.01. The van der Waals surface area contributed by atoms with Gasteiger partial charge >= 0.3 is 0 Å². The van der Waals surface area contributed by atoms with E-state index in [1.807, 2.05) is 30.3 Å². The Labute approximate surface area is 198 Å². The number of amides is 1. The Morgan fingerprint density at radius 1 is 1.00 bits per heavy atom. The van der Waals surface area contributed by atoms with Gasteiger partial charge in [0.15, 0.2) is 0 Å². The van der Waals surface area contributed by atoms with Gasteiger partial charge in [0.05, 0.1) is 18.2 Å². The molecule has 0 aliphatic carbocycles. The third kappa shape index (κ3) is 4.71. The second-order valence-corrected chi connectivity index (χ2v) is 8.16. The van der Waals surface area contributed by atoms with E-state index in [0.717, 1.165) is 18.4 Å².